The standard InChI is InChI=1S/C15H20O6/c1-17-13-11(16)15(18-2)20-10-8-19-14(21-12(10)13)9-6-4-3-5-7-9/h3-7,10-16H,8H2,1-2H3/t10-,11+,12-,13+,14?,15+/m1/s1. The molecule has 1 N–H and O–H groups in total. The Bertz CT molecular complexity index is 453. The number of ether oxygens (including phenoxy) is 5. The molecule has 1 aromatic rings. The average molecular weight is 296 g/mol. The summed E-state index contributed by atoms with van der Waals surface area (Å²) in [7, 11) is 3.03. The zero-order valence-corrected chi connectivity index (χ0v) is 12.0. The maximum Gasteiger partial charge on any atom is 0.186 e. The Balaban J connectivity index is 1.77. The molecule has 1 aromatic carbocycles. The van der Waals surface area contributed by atoms with E-state index in [2.05, 4.69) is 0 Å². The van der Waals surface area contributed by atoms with Crippen LogP contribution in [0.5, 0.6) is 0 Å². The van der Waals surface area contributed by atoms with Crippen molar-refractivity contribution in [1.82, 2.24) is 0 Å². The Labute approximate surface area is 123 Å². The van der Waals surface area contributed by atoms with Gasteiger partial charge in [-0.05, 0) is 0 Å². The van der Waals surface area contributed by atoms with Gasteiger partial charge in [0.2, 0.25) is 0 Å². The monoisotopic (exact) mass is 296 g/mol. The highest BCUT2D eigenvalue weighted by Gasteiger charge is 2.49. The molecule has 116 valence electrons. The molecule has 3 rings (SSSR count). The summed E-state index contributed by atoms with van der Waals surface area (Å²) in [5, 5.41) is 10.2. The maximum atomic E-state index is 10.2. The van der Waals surface area contributed by atoms with E-state index in [0.717, 1.165) is 5.56 Å². The topological polar surface area (TPSA) is 66.4 Å². The summed E-state index contributed by atoms with van der Waals surface area (Å²) in [5.74, 6) is 0. The second kappa shape index (κ2) is 6.39. The fourth-order valence-corrected chi connectivity index (χ4v) is 2.81. The molecule has 2 aliphatic heterocycles. The van der Waals surface area contributed by atoms with E-state index < -0.39 is 30.9 Å². The molecule has 0 spiro atoms. The Morgan fingerprint density at radius 2 is 1.86 bits per heavy atom. The van der Waals surface area contributed by atoms with Crippen molar-refractivity contribution in [1.29, 1.82) is 0 Å². The Morgan fingerprint density at radius 3 is 2.52 bits per heavy atom. The highest BCUT2D eigenvalue weighted by molar-refractivity contribution is 5.16. The first-order chi connectivity index (χ1) is 10.2. The molecule has 0 bridgehead atoms. The number of aliphatic hydroxyl groups excluding tert-OH is 1. The smallest absolute Gasteiger partial charge is 0.186 e. The molecule has 6 atom stereocenters. The molecule has 2 fully saturated rings. The summed E-state index contributed by atoms with van der Waals surface area (Å²) in [6.07, 6.45) is -3.39. The fraction of sp³-hybridized carbons (Fsp3) is 0.600. The van der Waals surface area contributed by atoms with Crippen molar-refractivity contribution in [2.75, 3.05) is 20.8 Å². The highest BCUT2D eigenvalue weighted by Crippen LogP contribution is 2.35. The number of rotatable bonds is 3. The lowest BCUT2D eigenvalue weighted by atomic mass is 9.97. The predicted molar refractivity (Wildman–Crippen MR) is 72.5 cm³/mol. The minimum atomic E-state index is -0.907. The summed E-state index contributed by atoms with van der Waals surface area (Å²) in [4.78, 5) is 0. The van der Waals surface area contributed by atoms with E-state index in [1.807, 2.05) is 30.3 Å². The van der Waals surface area contributed by atoms with Crippen molar-refractivity contribution in [3.63, 3.8) is 0 Å². The van der Waals surface area contributed by atoms with Gasteiger partial charge in [0.15, 0.2) is 12.6 Å². The van der Waals surface area contributed by atoms with Gasteiger partial charge in [-0.15, -0.1) is 0 Å². The largest absolute Gasteiger partial charge is 0.385 e. The zero-order chi connectivity index (χ0) is 14.8. The number of fused-ring (bicyclic) bond motifs is 1. The first kappa shape index (κ1) is 14.9. The maximum absolute atomic E-state index is 10.2. The van der Waals surface area contributed by atoms with Crippen LogP contribution in [0.2, 0.25) is 0 Å². The summed E-state index contributed by atoms with van der Waals surface area (Å²) in [6.45, 7) is 0.358. The minimum Gasteiger partial charge on any atom is -0.385 e. The molecule has 2 saturated heterocycles. The molecular formula is C15H20O6. The molecule has 0 aliphatic carbocycles. The van der Waals surface area contributed by atoms with E-state index in [-0.39, 0.29) is 6.10 Å². The van der Waals surface area contributed by atoms with Crippen LogP contribution in [0.15, 0.2) is 30.3 Å². The van der Waals surface area contributed by atoms with E-state index in [1.165, 1.54) is 7.11 Å². The summed E-state index contributed by atoms with van der Waals surface area (Å²) >= 11 is 0. The summed E-state index contributed by atoms with van der Waals surface area (Å²) in [5.41, 5.74) is 0.925. The lowest BCUT2D eigenvalue weighted by Crippen LogP contribution is -2.62. The van der Waals surface area contributed by atoms with E-state index in [4.69, 9.17) is 23.7 Å². The quantitative estimate of drug-likeness (QED) is 0.892. The van der Waals surface area contributed by atoms with Crippen LogP contribution in [0.3, 0.4) is 0 Å². The van der Waals surface area contributed by atoms with Crippen LogP contribution in [0.1, 0.15) is 11.9 Å². The van der Waals surface area contributed by atoms with E-state index in [9.17, 15) is 5.11 Å². The Morgan fingerprint density at radius 1 is 1.10 bits per heavy atom. The third kappa shape index (κ3) is 2.83. The third-order valence-electron chi connectivity index (χ3n) is 3.88. The van der Waals surface area contributed by atoms with Gasteiger partial charge in [-0.25, -0.2) is 0 Å². The third-order valence-corrected chi connectivity index (χ3v) is 3.88. The van der Waals surface area contributed by atoms with Crippen LogP contribution in [0.25, 0.3) is 0 Å². The lowest BCUT2D eigenvalue weighted by molar-refractivity contribution is -0.360. The Hall–Kier alpha value is -1.02. The molecule has 6 nitrogen and oxygen atoms in total. The second-order valence-electron chi connectivity index (χ2n) is 5.15. The van der Waals surface area contributed by atoms with Crippen LogP contribution in [-0.4, -0.2) is 56.6 Å². The molecule has 6 heteroatoms. The number of aliphatic hydroxyl groups is 1. The molecule has 0 aromatic heterocycles. The van der Waals surface area contributed by atoms with Gasteiger partial charge in [0, 0.05) is 19.8 Å². The Kier molecular flexibility index (Phi) is 4.54. The SMILES string of the molecule is CO[C@H]1O[C@@H]2COC(c3ccccc3)O[C@H]2[C@@H](OC)[C@@H]1O. The van der Waals surface area contributed by atoms with Crippen molar-refractivity contribution >= 4 is 0 Å². The first-order valence-corrected chi connectivity index (χ1v) is 6.95. The minimum absolute atomic E-state index is 0.330. The van der Waals surface area contributed by atoms with Crippen LogP contribution in [0.4, 0.5) is 0 Å². The lowest BCUT2D eigenvalue weighted by Gasteiger charge is -2.47. The first-order valence-electron chi connectivity index (χ1n) is 6.95. The zero-order valence-electron chi connectivity index (χ0n) is 12.0. The van der Waals surface area contributed by atoms with Crippen molar-refractivity contribution in [3.8, 4) is 0 Å². The van der Waals surface area contributed by atoms with Crippen LogP contribution >= 0.6 is 0 Å². The van der Waals surface area contributed by atoms with Crippen molar-refractivity contribution in [3.05, 3.63) is 35.9 Å². The van der Waals surface area contributed by atoms with Crippen LogP contribution in [0, 0.1) is 0 Å². The average Bonchev–Trinajstić information content (AvgIpc) is 2.54. The van der Waals surface area contributed by atoms with Gasteiger partial charge in [0.25, 0.3) is 0 Å². The van der Waals surface area contributed by atoms with Crippen molar-refractivity contribution in [2.24, 2.45) is 0 Å². The van der Waals surface area contributed by atoms with Crippen LogP contribution in [-0.2, 0) is 23.7 Å². The summed E-state index contributed by atoms with van der Waals surface area (Å²) < 4.78 is 27.9. The van der Waals surface area contributed by atoms with Crippen molar-refractivity contribution in [2.45, 2.75) is 37.0 Å². The number of methoxy groups -OCH3 is 2. The number of hydrogen-bond acceptors (Lipinski definition) is 6. The van der Waals surface area contributed by atoms with E-state index in [1.54, 1.807) is 7.11 Å². The molecule has 2 aliphatic rings. The molecule has 0 saturated carbocycles. The van der Waals surface area contributed by atoms with E-state index >= 15 is 0 Å². The van der Waals surface area contributed by atoms with Crippen molar-refractivity contribution < 1.29 is 28.8 Å². The van der Waals surface area contributed by atoms with Crippen LogP contribution < -0.4 is 0 Å². The second-order valence-corrected chi connectivity index (χ2v) is 5.15. The normalized spacial score (nSPS) is 39.8. The molecule has 0 radical (unpaired) electrons. The predicted octanol–water partition coefficient (Wildman–Crippen LogP) is 0.848. The molecule has 2 heterocycles. The van der Waals surface area contributed by atoms with Gasteiger partial charge in [-0.3, -0.25) is 0 Å². The number of hydrogen-bond donors (Lipinski definition) is 1. The van der Waals surface area contributed by atoms with Gasteiger partial charge in [-0.1, -0.05) is 30.3 Å². The highest BCUT2D eigenvalue weighted by atomic mass is 16.8. The molecule has 0 amide bonds. The molecular weight excluding hydrogens is 276 g/mol. The molecule has 1 unspecified atom stereocenters. The van der Waals surface area contributed by atoms with Gasteiger partial charge >= 0.3 is 0 Å². The summed E-state index contributed by atoms with van der Waals surface area (Å²) in [6, 6.07) is 9.66. The van der Waals surface area contributed by atoms with E-state index in [0.29, 0.717) is 6.61 Å². The van der Waals surface area contributed by atoms with Gasteiger partial charge < -0.3 is 28.8 Å². The van der Waals surface area contributed by atoms with Gasteiger partial charge in [0.1, 0.15) is 24.4 Å². The number of benzene rings is 1. The van der Waals surface area contributed by atoms with Gasteiger partial charge in [-0.2, -0.15) is 0 Å². The molecule has 21 heavy (non-hydrogen) atoms. The fourth-order valence-electron chi connectivity index (χ4n) is 2.81. The van der Waals surface area contributed by atoms with Gasteiger partial charge in [0.05, 0.1) is 6.61 Å².